The highest BCUT2D eigenvalue weighted by atomic mass is 16.4. The number of benzene rings is 1. The molecule has 0 spiro atoms. The molecule has 19 heavy (non-hydrogen) atoms. The number of carboxylic acids is 1. The van der Waals surface area contributed by atoms with Crippen molar-refractivity contribution in [1.82, 2.24) is 5.32 Å². The van der Waals surface area contributed by atoms with Crippen LogP contribution in [0.25, 0.3) is 0 Å². The third-order valence-electron chi connectivity index (χ3n) is 2.27. The fraction of sp³-hybridized carbons (Fsp3) is 0.231. The minimum absolute atomic E-state index is 0.273. The molecule has 0 radical (unpaired) electrons. The predicted octanol–water partition coefficient (Wildman–Crippen LogP) is 1.63. The summed E-state index contributed by atoms with van der Waals surface area (Å²) in [7, 11) is 0. The lowest BCUT2D eigenvalue weighted by Gasteiger charge is -2.08. The van der Waals surface area contributed by atoms with E-state index in [9.17, 15) is 14.7 Å². The summed E-state index contributed by atoms with van der Waals surface area (Å²) < 4.78 is 0. The van der Waals surface area contributed by atoms with Gasteiger partial charge in [-0.1, -0.05) is 0 Å². The van der Waals surface area contributed by atoms with Gasteiger partial charge in [0.05, 0.1) is 0 Å². The molecular formula is C13H14N2O4. The third kappa shape index (κ3) is 4.60. The van der Waals surface area contributed by atoms with E-state index in [4.69, 9.17) is 11.5 Å². The van der Waals surface area contributed by atoms with Crippen LogP contribution < -0.4 is 10.6 Å². The van der Waals surface area contributed by atoms with Crippen LogP contribution in [0.5, 0.6) is 5.75 Å². The molecule has 0 fully saturated rings. The number of nitrogens with one attached hydrogen (secondary N) is 2. The Morgan fingerprint density at radius 2 is 2.11 bits per heavy atom. The minimum Gasteiger partial charge on any atom is -0.507 e. The first-order valence-corrected chi connectivity index (χ1v) is 5.59. The van der Waals surface area contributed by atoms with Crippen LogP contribution in [0.4, 0.5) is 10.5 Å². The number of aromatic hydroxyl groups is 1. The maximum absolute atomic E-state index is 11.5. The molecule has 6 nitrogen and oxygen atoms in total. The van der Waals surface area contributed by atoms with Crippen LogP contribution in [0.3, 0.4) is 0 Å². The Kier molecular flexibility index (Phi) is 5.23. The van der Waals surface area contributed by atoms with Crippen LogP contribution in [0.15, 0.2) is 18.2 Å². The van der Waals surface area contributed by atoms with Crippen molar-refractivity contribution in [2.75, 3.05) is 11.9 Å². The molecule has 4 N–H and O–H groups in total. The van der Waals surface area contributed by atoms with Gasteiger partial charge in [-0.05, 0) is 24.6 Å². The topological polar surface area (TPSA) is 98.7 Å². The van der Waals surface area contributed by atoms with Crippen molar-refractivity contribution in [2.45, 2.75) is 12.8 Å². The first-order chi connectivity index (χ1) is 9.04. The lowest BCUT2D eigenvalue weighted by molar-refractivity contribution is 0.0693. The van der Waals surface area contributed by atoms with Crippen molar-refractivity contribution in [2.24, 2.45) is 0 Å². The van der Waals surface area contributed by atoms with E-state index in [-0.39, 0.29) is 17.0 Å². The average molecular weight is 262 g/mol. The number of rotatable bonds is 5. The van der Waals surface area contributed by atoms with Crippen molar-refractivity contribution in [3.8, 4) is 18.1 Å². The molecule has 0 saturated heterocycles. The summed E-state index contributed by atoms with van der Waals surface area (Å²) in [5.41, 5.74) is 0.00906. The Morgan fingerprint density at radius 1 is 1.37 bits per heavy atom. The number of unbranched alkanes of at least 4 members (excludes halogenated alkanes) is 1. The summed E-state index contributed by atoms with van der Waals surface area (Å²) in [6.45, 7) is 0.430. The zero-order valence-electron chi connectivity index (χ0n) is 10.1. The third-order valence-corrected chi connectivity index (χ3v) is 2.27. The highest BCUT2D eigenvalue weighted by Gasteiger charge is 2.11. The lowest BCUT2D eigenvalue weighted by atomic mass is 10.2. The number of hydrogen-bond acceptors (Lipinski definition) is 3. The number of phenols is 1. The molecule has 0 saturated carbocycles. The second kappa shape index (κ2) is 6.91. The maximum Gasteiger partial charge on any atom is 0.339 e. The second-order valence-corrected chi connectivity index (χ2v) is 3.73. The van der Waals surface area contributed by atoms with Crippen LogP contribution in [0, 0.1) is 12.3 Å². The van der Waals surface area contributed by atoms with Crippen molar-refractivity contribution in [1.29, 1.82) is 0 Å². The minimum atomic E-state index is -1.27. The molecule has 0 unspecified atom stereocenters. The van der Waals surface area contributed by atoms with Gasteiger partial charge in [0.15, 0.2) is 0 Å². The van der Waals surface area contributed by atoms with Crippen LogP contribution in [-0.2, 0) is 0 Å². The molecule has 0 heterocycles. The van der Waals surface area contributed by atoms with Gasteiger partial charge >= 0.3 is 12.0 Å². The van der Waals surface area contributed by atoms with Gasteiger partial charge in [0, 0.05) is 18.7 Å². The number of carbonyl (C=O) groups excluding carboxylic acids is 1. The molecule has 0 aliphatic carbocycles. The van der Waals surface area contributed by atoms with E-state index in [1.165, 1.54) is 18.2 Å². The van der Waals surface area contributed by atoms with Gasteiger partial charge < -0.3 is 20.8 Å². The Balaban J connectivity index is 2.58. The largest absolute Gasteiger partial charge is 0.507 e. The Morgan fingerprint density at radius 3 is 2.74 bits per heavy atom. The van der Waals surface area contributed by atoms with Crippen molar-refractivity contribution in [3.05, 3.63) is 23.8 Å². The molecule has 0 bridgehead atoms. The SMILES string of the molecule is C#CCCCNC(=O)Nc1ccc(O)c(C(=O)O)c1. The molecule has 0 aromatic heterocycles. The van der Waals surface area contributed by atoms with E-state index >= 15 is 0 Å². The molecular weight excluding hydrogens is 248 g/mol. The number of amides is 2. The van der Waals surface area contributed by atoms with Crippen molar-refractivity contribution >= 4 is 17.7 Å². The number of terminal acetylenes is 1. The fourth-order valence-corrected chi connectivity index (χ4v) is 1.35. The summed E-state index contributed by atoms with van der Waals surface area (Å²) in [6, 6.07) is 3.33. The van der Waals surface area contributed by atoms with Crippen LogP contribution >= 0.6 is 0 Å². The van der Waals surface area contributed by atoms with Crippen LogP contribution in [0.2, 0.25) is 0 Å². The maximum atomic E-state index is 11.5. The molecule has 1 aromatic carbocycles. The first kappa shape index (κ1) is 14.4. The highest BCUT2D eigenvalue weighted by Crippen LogP contribution is 2.21. The normalized spacial score (nSPS) is 9.42. The zero-order valence-corrected chi connectivity index (χ0v) is 10.1. The zero-order chi connectivity index (χ0) is 14.3. The number of hydrogen-bond donors (Lipinski definition) is 4. The van der Waals surface area contributed by atoms with Gasteiger partial charge in [-0.3, -0.25) is 0 Å². The fourth-order valence-electron chi connectivity index (χ4n) is 1.35. The van der Waals surface area contributed by atoms with Gasteiger partial charge in [0.2, 0.25) is 0 Å². The smallest absolute Gasteiger partial charge is 0.339 e. The molecule has 2 amide bonds. The number of urea groups is 1. The summed E-state index contributed by atoms with van der Waals surface area (Å²) in [5.74, 6) is 0.830. The molecule has 1 rings (SSSR count). The molecule has 100 valence electrons. The molecule has 0 aliphatic rings. The van der Waals surface area contributed by atoms with E-state index < -0.39 is 12.0 Å². The number of carboxylic acid groups (broad SMARTS) is 1. The summed E-state index contributed by atoms with van der Waals surface area (Å²) >= 11 is 0. The van der Waals surface area contributed by atoms with Crippen LogP contribution in [0.1, 0.15) is 23.2 Å². The molecule has 6 heteroatoms. The van der Waals surface area contributed by atoms with Crippen LogP contribution in [-0.4, -0.2) is 28.8 Å². The summed E-state index contributed by atoms with van der Waals surface area (Å²) in [4.78, 5) is 22.3. The number of anilines is 1. The van der Waals surface area contributed by atoms with Crippen molar-refractivity contribution in [3.63, 3.8) is 0 Å². The lowest BCUT2D eigenvalue weighted by Crippen LogP contribution is -2.29. The van der Waals surface area contributed by atoms with Gasteiger partial charge in [-0.15, -0.1) is 12.3 Å². The van der Waals surface area contributed by atoms with Crippen molar-refractivity contribution < 1.29 is 19.8 Å². The Labute approximate surface area is 110 Å². The quantitative estimate of drug-likeness (QED) is 0.368. The van der Waals surface area contributed by atoms with E-state index in [1.54, 1.807) is 0 Å². The van der Waals surface area contributed by atoms with Gasteiger partial charge in [0.25, 0.3) is 0 Å². The highest BCUT2D eigenvalue weighted by molar-refractivity contribution is 5.95. The van der Waals surface area contributed by atoms with E-state index in [2.05, 4.69) is 16.6 Å². The second-order valence-electron chi connectivity index (χ2n) is 3.73. The number of aromatic carboxylic acids is 1. The Bertz CT molecular complexity index is 520. The van der Waals surface area contributed by atoms with E-state index in [0.29, 0.717) is 19.4 Å². The molecule has 0 atom stereocenters. The van der Waals surface area contributed by atoms with Gasteiger partial charge in [-0.25, -0.2) is 9.59 Å². The predicted molar refractivity (Wildman–Crippen MR) is 70.2 cm³/mol. The van der Waals surface area contributed by atoms with Gasteiger partial charge in [0.1, 0.15) is 11.3 Å². The first-order valence-electron chi connectivity index (χ1n) is 5.59. The average Bonchev–Trinajstić information content (AvgIpc) is 2.36. The van der Waals surface area contributed by atoms with Gasteiger partial charge in [-0.2, -0.15) is 0 Å². The van der Waals surface area contributed by atoms with E-state index in [0.717, 1.165) is 0 Å². The summed E-state index contributed by atoms with van der Waals surface area (Å²) in [6.07, 6.45) is 6.31. The molecule has 1 aromatic rings. The standard InChI is InChI=1S/C13H14N2O4/c1-2-3-4-7-14-13(19)15-9-5-6-11(16)10(8-9)12(17)18/h1,5-6,8,16H,3-4,7H2,(H,17,18)(H2,14,15,19). The Hall–Kier alpha value is -2.68. The summed E-state index contributed by atoms with van der Waals surface area (Å²) in [5, 5.41) is 23.2. The van der Waals surface area contributed by atoms with E-state index in [1.807, 2.05) is 0 Å². The molecule has 0 aliphatic heterocycles. The number of carbonyl (C=O) groups is 2. The monoisotopic (exact) mass is 262 g/mol.